The van der Waals surface area contributed by atoms with Crippen LogP contribution in [-0.4, -0.2) is 46.0 Å². The van der Waals surface area contributed by atoms with Crippen LogP contribution in [0.5, 0.6) is 5.75 Å². The fourth-order valence-corrected chi connectivity index (χ4v) is 3.89. The second-order valence-corrected chi connectivity index (χ2v) is 6.77. The first-order chi connectivity index (χ1) is 11.9. The van der Waals surface area contributed by atoms with Crippen LogP contribution in [0.3, 0.4) is 0 Å². The summed E-state index contributed by atoms with van der Waals surface area (Å²) in [7, 11) is 1.52. The van der Waals surface area contributed by atoms with Crippen LogP contribution in [0, 0.1) is 0 Å². The maximum atomic E-state index is 12.8. The van der Waals surface area contributed by atoms with Gasteiger partial charge in [0.25, 0.3) is 5.24 Å². The number of thioether (sulfide) groups is 1. The highest BCUT2D eigenvalue weighted by Gasteiger charge is 2.43. The van der Waals surface area contributed by atoms with Gasteiger partial charge in [-0.2, -0.15) is 0 Å². The number of benzene rings is 2. The summed E-state index contributed by atoms with van der Waals surface area (Å²) in [6.07, 6.45) is 0. The molecule has 130 valence electrons. The van der Waals surface area contributed by atoms with Crippen molar-refractivity contribution in [3.05, 3.63) is 42.0 Å². The molecule has 1 saturated heterocycles. The molecule has 2 aromatic carbocycles. The minimum Gasteiger partial charge on any atom is -0.496 e. The smallest absolute Gasteiger partial charge is 0.327 e. The molecule has 0 saturated carbocycles. The van der Waals surface area contributed by atoms with E-state index in [1.165, 1.54) is 7.11 Å². The summed E-state index contributed by atoms with van der Waals surface area (Å²) >= 11 is 0.849. The lowest BCUT2D eigenvalue weighted by molar-refractivity contribution is -0.146. The Kier molecular flexibility index (Phi) is 4.67. The summed E-state index contributed by atoms with van der Waals surface area (Å²) in [4.78, 5) is 37.0. The maximum Gasteiger partial charge on any atom is 0.327 e. The van der Waals surface area contributed by atoms with E-state index in [1.807, 2.05) is 36.4 Å². The molecule has 6 nitrogen and oxygen atoms in total. The Bertz CT molecular complexity index is 866. The predicted molar refractivity (Wildman–Crippen MR) is 95.0 cm³/mol. The second kappa shape index (κ2) is 6.76. The molecule has 0 radical (unpaired) electrons. The number of carboxylic acid groups (broad SMARTS) is 1. The molecule has 0 bridgehead atoms. The van der Waals surface area contributed by atoms with Crippen molar-refractivity contribution in [3.63, 3.8) is 0 Å². The van der Waals surface area contributed by atoms with Crippen LogP contribution in [0.1, 0.15) is 18.4 Å². The quantitative estimate of drug-likeness (QED) is 0.903. The van der Waals surface area contributed by atoms with Crippen molar-refractivity contribution in [1.82, 2.24) is 4.90 Å². The molecule has 25 heavy (non-hydrogen) atoms. The number of imide groups is 1. The zero-order chi connectivity index (χ0) is 18.1. The van der Waals surface area contributed by atoms with Crippen LogP contribution in [0.4, 0.5) is 4.79 Å². The Hall–Kier alpha value is -2.54. The number of methoxy groups -OCH3 is 1. The topological polar surface area (TPSA) is 83.9 Å². The summed E-state index contributed by atoms with van der Waals surface area (Å²) in [5.74, 6) is -1.81. The van der Waals surface area contributed by atoms with Crippen molar-refractivity contribution in [3.8, 4) is 5.75 Å². The zero-order valence-corrected chi connectivity index (χ0v) is 14.6. The van der Waals surface area contributed by atoms with E-state index in [2.05, 4.69) is 0 Å². The first-order valence-corrected chi connectivity index (χ1v) is 8.72. The Balaban J connectivity index is 2.00. The third-order valence-corrected chi connectivity index (χ3v) is 5.26. The van der Waals surface area contributed by atoms with E-state index in [-0.39, 0.29) is 5.75 Å². The number of fused-ring (bicyclic) bond motifs is 1. The van der Waals surface area contributed by atoms with E-state index in [4.69, 9.17) is 4.74 Å². The van der Waals surface area contributed by atoms with E-state index in [1.54, 1.807) is 6.92 Å². The van der Waals surface area contributed by atoms with Gasteiger partial charge in [0.15, 0.2) is 0 Å². The number of amides is 2. The van der Waals surface area contributed by atoms with Crippen molar-refractivity contribution >= 4 is 39.7 Å². The van der Waals surface area contributed by atoms with Crippen LogP contribution in [0.15, 0.2) is 36.4 Å². The Labute approximate surface area is 148 Å². The molecule has 0 spiro atoms. The highest BCUT2D eigenvalue weighted by molar-refractivity contribution is 8.14. The third kappa shape index (κ3) is 3.07. The molecule has 3 rings (SSSR count). The highest BCUT2D eigenvalue weighted by Crippen LogP contribution is 2.35. The third-order valence-electron chi connectivity index (χ3n) is 4.33. The average Bonchev–Trinajstić information content (AvgIpc) is 3.01. The van der Waals surface area contributed by atoms with Gasteiger partial charge in [0.05, 0.1) is 13.0 Å². The van der Waals surface area contributed by atoms with E-state index < -0.39 is 29.1 Å². The summed E-state index contributed by atoms with van der Waals surface area (Å²) in [6, 6.07) is 10.2. The number of hydrogen-bond acceptors (Lipinski definition) is 5. The van der Waals surface area contributed by atoms with Crippen molar-refractivity contribution < 1.29 is 24.2 Å². The van der Waals surface area contributed by atoms with Crippen LogP contribution in [0.2, 0.25) is 0 Å². The van der Waals surface area contributed by atoms with Gasteiger partial charge in [-0.1, -0.05) is 36.0 Å². The standard InChI is InChI=1S/C18H17NO5S/c1-10(16(20)19-14(17(21)22)9-25-18(19)23)13-7-11-5-3-4-6-12(11)8-15(13)24-2/h3-8,10,14H,9H2,1-2H3,(H,21,22)/t10?,14-/m0/s1. The first-order valence-electron chi connectivity index (χ1n) is 7.73. The van der Waals surface area contributed by atoms with Gasteiger partial charge < -0.3 is 9.84 Å². The van der Waals surface area contributed by atoms with Crippen LogP contribution < -0.4 is 4.74 Å². The minimum absolute atomic E-state index is 0.0709. The summed E-state index contributed by atoms with van der Waals surface area (Å²) in [5, 5.41) is 10.6. The lowest BCUT2D eigenvalue weighted by Crippen LogP contribution is -2.45. The van der Waals surface area contributed by atoms with Crippen molar-refractivity contribution in [2.75, 3.05) is 12.9 Å². The fraction of sp³-hybridized carbons (Fsp3) is 0.278. The van der Waals surface area contributed by atoms with Gasteiger partial charge in [0, 0.05) is 11.3 Å². The van der Waals surface area contributed by atoms with Gasteiger partial charge >= 0.3 is 5.97 Å². The maximum absolute atomic E-state index is 12.8. The molecule has 1 N–H and O–H groups in total. The SMILES string of the molecule is COc1cc2ccccc2cc1C(C)C(=O)N1C(=O)SC[C@H]1C(=O)O. The van der Waals surface area contributed by atoms with E-state index in [0.29, 0.717) is 11.3 Å². The molecule has 1 heterocycles. The average molecular weight is 359 g/mol. The van der Waals surface area contributed by atoms with E-state index >= 15 is 0 Å². The number of rotatable bonds is 4. The lowest BCUT2D eigenvalue weighted by atomic mass is 9.95. The molecule has 1 aliphatic heterocycles. The van der Waals surface area contributed by atoms with Crippen LogP contribution >= 0.6 is 11.8 Å². The van der Waals surface area contributed by atoms with E-state index in [9.17, 15) is 19.5 Å². The number of ether oxygens (including phenoxy) is 1. The Morgan fingerprint density at radius 2 is 1.92 bits per heavy atom. The zero-order valence-electron chi connectivity index (χ0n) is 13.8. The van der Waals surface area contributed by atoms with Gasteiger partial charge in [-0.25, -0.2) is 4.79 Å². The number of carbonyl (C=O) groups excluding carboxylic acids is 2. The Morgan fingerprint density at radius 1 is 1.28 bits per heavy atom. The molecule has 2 aromatic rings. The molecule has 1 aliphatic rings. The molecule has 2 atom stereocenters. The van der Waals surface area contributed by atoms with Crippen LogP contribution in [0.25, 0.3) is 10.8 Å². The summed E-state index contributed by atoms with van der Waals surface area (Å²) < 4.78 is 5.41. The molecule has 0 aromatic heterocycles. The predicted octanol–water partition coefficient (Wildman–Crippen LogP) is 3.10. The Morgan fingerprint density at radius 3 is 2.52 bits per heavy atom. The molecular formula is C18H17NO5S. The van der Waals surface area contributed by atoms with Crippen molar-refractivity contribution in [2.24, 2.45) is 0 Å². The molecule has 1 fully saturated rings. The number of nitrogens with zero attached hydrogens (tertiary/aromatic N) is 1. The molecule has 2 amide bonds. The van der Waals surface area contributed by atoms with Gasteiger partial charge in [-0.3, -0.25) is 14.5 Å². The van der Waals surface area contributed by atoms with Crippen LogP contribution in [-0.2, 0) is 9.59 Å². The number of carboxylic acids is 1. The van der Waals surface area contributed by atoms with Gasteiger partial charge in [-0.05, 0) is 29.8 Å². The number of carbonyl (C=O) groups is 3. The second-order valence-electron chi connectivity index (χ2n) is 5.80. The number of aliphatic carboxylic acids is 1. The molecule has 0 aliphatic carbocycles. The molecule has 1 unspecified atom stereocenters. The summed E-state index contributed by atoms with van der Waals surface area (Å²) in [5.41, 5.74) is 0.625. The lowest BCUT2D eigenvalue weighted by Gasteiger charge is -2.24. The fourth-order valence-electron chi connectivity index (χ4n) is 2.94. The van der Waals surface area contributed by atoms with Crippen molar-refractivity contribution in [2.45, 2.75) is 18.9 Å². The van der Waals surface area contributed by atoms with Crippen molar-refractivity contribution in [1.29, 1.82) is 0 Å². The summed E-state index contributed by atoms with van der Waals surface area (Å²) in [6.45, 7) is 1.66. The van der Waals surface area contributed by atoms with Gasteiger partial charge in [0.2, 0.25) is 5.91 Å². The first kappa shape index (κ1) is 17.3. The highest BCUT2D eigenvalue weighted by atomic mass is 32.2. The van der Waals surface area contributed by atoms with Gasteiger partial charge in [0.1, 0.15) is 11.8 Å². The largest absolute Gasteiger partial charge is 0.496 e. The van der Waals surface area contributed by atoms with E-state index in [0.717, 1.165) is 27.4 Å². The molecular weight excluding hydrogens is 342 g/mol. The normalized spacial score (nSPS) is 18.4. The monoisotopic (exact) mass is 359 g/mol. The van der Waals surface area contributed by atoms with Gasteiger partial charge in [-0.15, -0.1) is 0 Å². The molecule has 7 heteroatoms. The number of hydrogen-bond donors (Lipinski definition) is 1. The minimum atomic E-state index is -1.18.